The van der Waals surface area contributed by atoms with Crippen molar-refractivity contribution in [2.45, 2.75) is 44.0 Å². The van der Waals surface area contributed by atoms with Gasteiger partial charge in [-0.1, -0.05) is 0 Å². The Hall–Kier alpha value is -1.20. The third kappa shape index (κ3) is 3.42. The molecule has 24 heavy (non-hydrogen) atoms. The summed E-state index contributed by atoms with van der Waals surface area (Å²) in [5.74, 6) is 0.840. The fraction of sp³-hybridized carbons (Fsp3) is 0.722. The second-order valence-electron chi connectivity index (χ2n) is 7.20. The standard InChI is InChI=1S/C18H29ClN5/c1-3-14(20)16-17(24-8-4-7-23(2)9-10-24)13-11-12(19)5-6-15(13)22-18(16)21/h3,12-13,15,20H,4-11H2,1-2H3,(H2,21,22)/q+1. The van der Waals surface area contributed by atoms with E-state index in [0.29, 0.717) is 17.5 Å². The molecular formula is C18H29ClN5+. The number of amidine groups is 1. The first-order chi connectivity index (χ1) is 11.5. The summed E-state index contributed by atoms with van der Waals surface area (Å²) in [5.41, 5.74) is 8.88. The molecule has 2 aliphatic heterocycles. The largest absolute Gasteiger partial charge is 0.366 e. The van der Waals surface area contributed by atoms with Crippen molar-refractivity contribution in [1.29, 1.82) is 5.41 Å². The Kier molecular flexibility index (Phi) is 5.40. The lowest BCUT2D eigenvalue weighted by atomic mass is 9.77. The number of hydrogen-bond donors (Lipinski definition) is 2. The minimum absolute atomic E-state index is 0.200. The van der Waals surface area contributed by atoms with E-state index in [1.54, 1.807) is 0 Å². The van der Waals surface area contributed by atoms with E-state index in [1.165, 1.54) is 5.70 Å². The van der Waals surface area contributed by atoms with E-state index in [4.69, 9.17) is 27.7 Å². The van der Waals surface area contributed by atoms with Gasteiger partial charge in [0.05, 0.1) is 12.5 Å². The summed E-state index contributed by atoms with van der Waals surface area (Å²) >= 11 is 6.50. The average Bonchev–Trinajstić information content (AvgIpc) is 2.78. The summed E-state index contributed by atoms with van der Waals surface area (Å²) in [6.07, 6.45) is 5.89. The topological polar surface area (TPSA) is 68.7 Å². The van der Waals surface area contributed by atoms with Crippen LogP contribution in [-0.4, -0.2) is 66.0 Å². The van der Waals surface area contributed by atoms with E-state index in [9.17, 15) is 0 Å². The third-order valence-corrected chi connectivity index (χ3v) is 5.93. The zero-order chi connectivity index (χ0) is 17.3. The number of nitrogens with two attached hydrogens (primary N) is 1. The predicted molar refractivity (Wildman–Crippen MR) is 101 cm³/mol. The second kappa shape index (κ2) is 7.36. The van der Waals surface area contributed by atoms with Crippen molar-refractivity contribution in [2.24, 2.45) is 16.6 Å². The molecule has 0 aromatic carbocycles. The zero-order valence-corrected chi connectivity index (χ0v) is 15.5. The molecule has 1 saturated carbocycles. The molecule has 0 spiro atoms. The van der Waals surface area contributed by atoms with Gasteiger partial charge in [-0.25, -0.2) is 4.99 Å². The van der Waals surface area contributed by atoms with Crippen molar-refractivity contribution in [3.05, 3.63) is 17.7 Å². The maximum Gasteiger partial charge on any atom is 0.226 e. The number of rotatable bonds is 3. The lowest BCUT2D eigenvalue weighted by molar-refractivity contribution is 0.247. The molecule has 0 radical (unpaired) electrons. The minimum atomic E-state index is 0.200. The Bertz CT molecular complexity index is 556. The van der Waals surface area contributed by atoms with E-state index < -0.39 is 0 Å². The Balaban J connectivity index is 2.01. The van der Waals surface area contributed by atoms with Crippen molar-refractivity contribution in [2.75, 3.05) is 33.2 Å². The van der Waals surface area contributed by atoms with Crippen LogP contribution in [0, 0.1) is 17.7 Å². The van der Waals surface area contributed by atoms with Gasteiger partial charge in [-0.3, -0.25) is 5.41 Å². The summed E-state index contributed by atoms with van der Waals surface area (Å²) in [6, 6.07) is 0.226. The molecular weight excluding hydrogens is 322 g/mol. The van der Waals surface area contributed by atoms with Crippen molar-refractivity contribution in [3.8, 4) is 0 Å². The number of hydrogen-bond acceptors (Lipinski definition) is 5. The van der Waals surface area contributed by atoms with Crippen molar-refractivity contribution in [1.82, 2.24) is 9.80 Å². The molecule has 0 aromatic rings. The second-order valence-corrected chi connectivity index (χ2v) is 7.82. The molecule has 3 aliphatic rings. The summed E-state index contributed by atoms with van der Waals surface area (Å²) in [6.45, 7) is 6.05. The molecule has 6 heteroatoms. The number of nitrogens with one attached hydrogen (secondary N) is 1. The number of alkyl halides is 1. The zero-order valence-electron chi connectivity index (χ0n) is 14.8. The quantitative estimate of drug-likeness (QED) is 0.466. The highest BCUT2D eigenvalue weighted by Crippen LogP contribution is 2.40. The van der Waals surface area contributed by atoms with E-state index in [1.807, 2.05) is 13.3 Å². The van der Waals surface area contributed by atoms with Crippen LogP contribution in [0.5, 0.6) is 0 Å². The highest BCUT2D eigenvalue weighted by atomic mass is 35.5. The number of halogens is 1. The predicted octanol–water partition coefficient (Wildman–Crippen LogP) is 2.27. The average molecular weight is 351 g/mol. The molecule has 2 heterocycles. The lowest BCUT2D eigenvalue weighted by Crippen LogP contribution is -2.45. The SMILES string of the molecule is C[CH+]C(=N)C1=C(N2CCCN(C)CC2)C2CC(Cl)CCC2N=C1N. The van der Waals surface area contributed by atoms with Gasteiger partial charge in [-0.2, -0.15) is 0 Å². The molecule has 3 unspecified atom stereocenters. The number of likely N-dealkylation sites (N-methyl/N-ethyl adjacent to an activating group) is 1. The molecule has 5 nitrogen and oxygen atoms in total. The van der Waals surface area contributed by atoms with Gasteiger partial charge >= 0.3 is 0 Å². The molecule has 1 aliphatic carbocycles. The summed E-state index contributed by atoms with van der Waals surface area (Å²) in [4.78, 5) is 9.59. The van der Waals surface area contributed by atoms with Gasteiger partial charge in [0.2, 0.25) is 11.5 Å². The van der Waals surface area contributed by atoms with Crippen LogP contribution in [0.15, 0.2) is 16.3 Å². The van der Waals surface area contributed by atoms with Crippen LogP contribution in [0.2, 0.25) is 0 Å². The third-order valence-electron chi connectivity index (χ3n) is 5.54. The molecule has 0 amide bonds. The first-order valence-corrected chi connectivity index (χ1v) is 9.48. The fourth-order valence-corrected chi connectivity index (χ4v) is 4.53. The van der Waals surface area contributed by atoms with Gasteiger partial charge < -0.3 is 15.5 Å². The van der Waals surface area contributed by atoms with Gasteiger partial charge in [0, 0.05) is 37.9 Å². The molecule has 3 rings (SSSR count). The first kappa shape index (κ1) is 17.6. The van der Waals surface area contributed by atoms with E-state index in [2.05, 4.69) is 16.8 Å². The van der Waals surface area contributed by atoms with Crippen molar-refractivity contribution >= 4 is 23.1 Å². The number of aliphatic imine (C=N–C) groups is 1. The molecule has 3 N–H and O–H groups in total. The van der Waals surface area contributed by atoms with Crippen LogP contribution < -0.4 is 5.73 Å². The van der Waals surface area contributed by atoms with Gasteiger partial charge in [-0.15, -0.1) is 11.6 Å². The molecule has 132 valence electrons. The van der Waals surface area contributed by atoms with Gasteiger partial charge in [0.1, 0.15) is 5.70 Å². The van der Waals surface area contributed by atoms with Gasteiger partial charge in [0.25, 0.3) is 0 Å². The summed E-state index contributed by atoms with van der Waals surface area (Å²) in [5, 5.41) is 8.62. The molecule has 1 saturated heterocycles. The molecule has 0 bridgehead atoms. The Morgan fingerprint density at radius 1 is 1.29 bits per heavy atom. The van der Waals surface area contributed by atoms with Crippen LogP contribution in [0.25, 0.3) is 0 Å². The van der Waals surface area contributed by atoms with Gasteiger partial charge in [-0.05, 0) is 39.3 Å². The first-order valence-electron chi connectivity index (χ1n) is 9.05. The summed E-state index contributed by atoms with van der Waals surface area (Å²) in [7, 11) is 2.18. The molecule has 3 atom stereocenters. The lowest BCUT2D eigenvalue weighted by Gasteiger charge is -2.39. The number of dihydropyridines is 1. The number of nitrogens with zero attached hydrogens (tertiary/aromatic N) is 3. The minimum Gasteiger partial charge on any atom is -0.366 e. The van der Waals surface area contributed by atoms with Crippen LogP contribution >= 0.6 is 11.6 Å². The van der Waals surface area contributed by atoms with Crippen molar-refractivity contribution in [3.63, 3.8) is 0 Å². The fourth-order valence-electron chi connectivity index (χ4n) is 4.21. The Morgan fingerprint density at radius 2 is 2.08 bits per heavy atom. The monoisotopic (exact) mass is 350 g/mol. The van der Waals surface area contributed by atoms with Crippen molar-refractivity contribution < 1.29 is 0 Å². The van der Waals surface area contributed by atoms with Gasteiger partial charge in [0.15, 0.2) is 5.57 Å². The van der Waals surface area contributed by atoms with E-state index in [0.717, 1.165) is 57.4 Å². The van der Waals surface area contributed by atoms with E-state index >= 15 is 0 Å². The Morgan fingerprint density at radius 3 is 2.83 bits per heavy atom. The number of fused-ring (bicyclic) bond motifs is 1. The van der Waals surface area contributed by atoms with Crippen LogP contribution in [0.1, 0.15) is 32.6 Å². The highest BCUT2D eigenvalue weighted by molar-refractivity contribution is 6.25. The molecule has 0 aromatic heterocycles. The van der Waals surface area contributed by atoms with Crippen LogP contribution in [0.4, 0.5) is 0 Å². The van der Waals surface area contributed by atoms with Crippen LogP contribution in [-0.2, 0) is 0 Å². The summed E-state index contributed by atoms with van der Waals surface area (Å²) < 4.78 is 0. The highest BCUT2D eigenvalue weighted by Gasteiger charge is 2.44. The maximum atomic E-state index is 8.42. The molecule has 2 fully saturated rings. The van der Waals surface area contributed by atoms with E-state index in [-0.39, 0.29) is 11.4 Å². The smallest absolute Gasteiger partial charge is 0.226 e. The normalized spacial score (nSPS) is 32.0. The Labute approximate surface area is 150 Å². The maximum absolute atomic E-state index is 8.42. The van der Waals surface area contributed by atoms with Crippen LogP contribution in [0.3, 0.4) is 0 Å².